The predicted molar refractivity (Wildman–Crippen MR) is 129 cm³/mol. The van der Waals surface area contributed by atoms with Gasteiger partial charge in [0, 0.05) is 24.4 Å². The van der Waals surface area contributed by atoms with E-state index in [0.717, 1.165) is 32.6 Å². The van der Waals surface area contributed by atoms with E-state index in [4.69, 9.17) is 5.73 Å². The fourth-order valence-electron chi connectivity index (χ4n) is 5.15. The van der Waals surface area contributed by atoms with Crippen molar-refractivity contribution in [2.24, 2.45) is 13.0 Å². The smallest absolute Gasteiger partial charge is 0.347 e. The number of carbonyl (C=O) groups excluding carboxylic acids is 3. The van der Waals surface area contributed by atoms with Gasteiger partial charge in [-0.15, -0.1) is 0 Å². The molecule has 3 atom stereocenters. The third-order valence-corrected chi connectivity index (χ3v) is 6.72. The van der Waals surface area contributed by atoms with E-state index in [0.29, 0.717) is 11.5 Å². The molecule has 5 rings (SSSR count). The molecular weight excluding hydrogens is 484 g/mol. The lowest BCUT2D eigenvalue weighted by Gasteiger charge is -2.55. The summed E-state index contributed by atoms with van der Waals surface area (Å²) < 4.78 is 29.9. The molecule has 2 N–H and O–H groups in total. The van der Waals surface area contributed by atoms with E-state index in [1.807, 2.05) is 0 Å². The van der Waals surface area contributed by atoms with Crippen molar-refractivity contribution < 1.29 is 23.2 Å². The minimum absolute atomic E-state index is 0.0182. The zero-order valence-corrected chi connectivity index (χ0v) is 20.4. The van der Waals surface area contributed by atoms with Crippen LogP contribution in [-0.4, -0.2) is 48.6 Å². The zero-order chi connectivity index (χ0) is 26.6. The quantitative estimate of drug-likeness (QED) is 0.511. The molecule has 192 valence electrons. The Morgan fingerprint density at radius 3 is 2.49 bits per heavy atom. The number of hydrazine groups is 1. The molecule has 12 heteroatoms. The highest BCUT2D eigenvalue weighted by atomic mass is 19.1. The van der Waals surface area contributed by atoms with Crippen molar-refractivity contribution in [3.63, 3.8) is 0 Å². The van der Waals surface area contributed by atoms with Crippen LogP contribution in [0.1, 0.15) is 36.2 Å². The van der Waals surface area contributed by atoms with Crippen LogP contribution in [0.5, 0.6) is 0 Å². The number of anilines is 2. The number of rotatable bonds is 6. The van der Waals surface area contributed by atoms with Gasteiger partial charge >= 0.3 is 6.03 Å². The highest BCUT2D eigenvalue weighted by molar-refractivity contribution is 6.16. The zero-order valence-electron chi connectivity index (χ0n) is 20.4. The van der Waals surface area contributed by atoms with E-state index >= 15 is 0 Å². The van der Waals surface area contributed by atoms with Gasteiger partial charge in [-0.05, 0) is 43.5 Å². The largest absolute Gasteiger partial charge is 0.384 e. The molecule has 2 aromatic heterocycles. The normalized spacial score (nSPS) is 20.2. The maximum Gasteiger partial charge on any atom is 0.347 e. The van der Waals surface area contributed by atoms with Gasteiger partial charge in [-0.25, -0.2) is 33.5 Å². The summed E-state index contributed by atoms with van der Waals surface area (Å²) in [7, 11) is 1.65. The number of hydrogen-bond donors (Lipinski definition) is 1. The number of nitrogens with zero attached hydrogens (tertiary/aromatic N) is 6. The Bertz CT molecular complexity index is 1400. The number of urea groups is 1. The van der Waals surface area contributed by atoms with Crippen LogP contribution in [0.3, 0.4) is 0 Å². The number of amides is 4. The first-order chi connectivity index (χ1) is 17.6. The van der Waals surface area contributed by atoms with Gasteiger partial charge < -0.3 is 5.73 Å². The Morgan fingerprint density at radius 2 is 1.86 bits per heavy atom. The van der Waals surface area contributed by atoms with Gasteiger partial charge in [0.1, 0.15) is 29.2 Å². The second-order valence-electron chi connectivity index (χ2n) is 9.24. The summed E-state index contributed by atoms with van der Waals surface area (Å²) in [5, 5.41) is 6.33. The number of nitrogens with two attached hydrogens (primary N) is 1. The molecule has 0 radical (unpaired) electrons. The van der Waals surface area contributed by atoms with Crippen LogP contribution < -0.4 is 10.7 Å². The highest BCUT2D eigenvalue weighted by Crippen LogP contribution is 2.42. The van der Waals surface area contributed by atoms with Gasteiger partial charge in [0.05, 0.1) is 24.4 Å². The first-order valence-corrected chi connectivity index (χ1v) is 11.8. The number of halogens is 2. The van der Waals surface area contributed by atoms with Gasteiger partial charge in [0.2, 0.25) is 5.91 Å². The van der Waals surface area contributed by atoms with Gasteiger partial charge in [-0.3, -0.25) is 14.3 Å². The van der Waals surface area contributed by atoms with Gasteiger partial charge in [-0.2, -0.15) is 5.10 Å². The summed E-state index contributed by atoms with van der Waals surface area (Å²) in [6.07, 6.45) is 3.33. The maximum atomic E-state index is 14.8. The molecule has 10 nitrogen and oxygen atoms in total. The van der Waals surface area contributed by atoms with Crippen LogP contribution in [0.4, 0.5) is 25.1 Å². The van der Waals surface area contributed by atoms with Gasteiger partial charge in [-0.1, -0.05) is 13.0 Å². The average molecular weight is 510 g/mol. The molecule has 4 heterocycles. The number of imide groups is 1. The van der Waals surface area contributed by atoms with E-state index in [9.17, 15) is 23.2 Å². The number of β-lactam (4-membered cyclic amide) rings is 1. The SMILES string of the molecule is CC[C@H](c1ccc(F)cc1F)N1C(=O)N2C(=O)[C@H](Cc3cc(C)nc(N)c3)[C@H]2C(=O)N1c1cnn(C)c1. The van der Waals surface area contributed by atoms with Crippen molar-refractivity contribution in [3.05, 3.63) is 71.2 Å². The minimum Gasteiger partial charge on any atom is -0.384 e. The number of aryl methyl sites for hydroxylation is 2. The Morgan fingerprint density at radius 1 is 1.11 bits per heavy atom. The van der Waals surface area contributed by atoms with Crippen molar-refractivity contribution >= 4 is 29.4 Å². The summed E-state index contributed by atoms with van der Waals surface area (Å²) in [5.41, 5.74) is 7.54. The van der Waals surface area contributed by atoms with Crippen LogP contribution in [-0.2, 0) is 23.1 Å². The lowest BCUT2D eigenvalue weighted by Crippen LogP contribution is -2.78. The number of carbonyl (C=O) groups is 3. The van der Waals surface area contributed by atoms with E-state index in [1.165, 1.54) is 16.9 Å². The lowest BCUT2D eigenvalue weighted by molar-refractivity contribution is -0.162. The standard InChI is InChI=1S/C25H25F2N7O3/c1-4-20(17-6-5-15(26)10-19(17)27)34-25(37)32-22(24(36)33(34)16-11-29-31(3)12-16)18(23(32)35)8-14-7-13(2)30-21(28)9-14/h5-7,9-12,18,20,22H,4,8H2,1-3H3,(H2,28,30)/t18-,20-,22+/m1/s1. The van der Waals surface area contributed by atoms with Crippen molar-refractivity contribution in [2.75, 3.05) is 10.7 Å². The Labute approximate surface area is 211 Å². The van der Waals surface area contributed by atoms with Gasteiger partial charge in [0.25, 0.3) is 5.91 Å². The fourth-order valence-corrected chi connectivity index (χ4v) is 5.15. The Hall–Kier alpha value is -4.35. The number of hydrogen-bond acceptors (Lipinski definition) is 6. The predicted octanol–water partition coefficient (Wildman–Crippen LogP) is 2.89. The van der Waals surface area contributed by atoms with Crippen LogP contribution in [0.25, 0.3) is 0 Å². The molecule has 0 unspecified atom stereocenters. The monoisotopic (exact) mass is 509 g/mol. The third kappa shape index (κ3) is 3.98. The second-order valence-corrected chi connectivity index (χ2v) is 9.24. The number of benzene rings is 1. The number of aromatic nitrogens is 3. The molecule has 37 heavy (non-hydrogen) atoms. The van der Waals surface area contributed by atoms with E-state index in [-0.39, 0.29) is 24.1 Å². The first-order valence-electron chi connectivity index (χ1n) is 11.8. The summed E-state index contributed by atoms with van der Waals surface area (Å²) >= 11 is 0. The van der Waals surface area contributed by atoms with Crippen LogP contribution >= 0.6 is 0 Å². The molecule has 2 aliphatic heterocycles. The molecule has 0 aliphatic carbocycles. The lowest BCUT2D eigenvalue weighted by atomic mass is 9.81. The minimum atomic E-state index is -1.05. The Balaban J connectivity index is 1.56. The summed E-state index contributed by atoms with van der Waals surface area (Å²) in [4.78, 5) is 46.0. The molecule has 2 fully saturated rings. The fraction of sp³-hybridized carbons (Fsp3) is 0.320. The van der Waals surface area contributed by atoms with Crippen LogP contribution in [0, 0.1) is 24.5 Å². The topological polar surface area (TPSA) is 118 Å². The number of fused-ring (bicyclic) bond motifs is 1. The van der Waals surface area contributed by atoms with E-state index in [2.05, 4.69) is 10.1 Å². The summed E-state index contributed by atoms with van der Waals surface area (Å²) in [6, 6.07) is 3.64. The van der Waals surface area contributed by atoms with Gasteiger partial charge in [0.15, 0.2) is 0 Å². The molecule has 2 saturated heterocycles. The van der Waals surface area contributed by atoms with E-state index in [1.54, 1.807) is 39.2 Å². The summed E-state index contributed by atoms with van der Waals surface area (Å²) in [5.74, 6) is -3.17. The van der Waals surface area contributed by atoms with Crippen LogP contribution in [0.2, 0.25) is 0 Å². The molecule has 0 saturated carbocycles. The maximum absolute atomic E-state index is 14.8. The Kier molecular flexibility index (Phi) is 5.89. The van der Waals surface area contributed by atoms with E-state index < -0.39 is 47.5 Å². The highest BCUT2D eigenvalue weighted by Gasteiger charge is 2.62. The molecule has 4 amide bonds. The molecule has 3 aromatic rings. The number of nitrogen functional groups attached to an aromatic ring is 1. The van der Waals surface area contributed by atoms with Crippen molar-refractivity contribution in [1.29, 1.82) is 0 Å². The molecule has 0 bridgehead atoms. The molecule has 0 spiro atoms. The second kappa shape index (κ2) is 8.95. The molecule has 1 aromatic carbocycles. The molecular formula is C25H25F2N7O3. The average Bonchev–Trinajstić information content (AvgIpc) is 3.25. The summed E-state index contributed by atoms with van der Waals surface area (Å²) in [6.45, 7) is 3.47. The number of pyridine rings is 1. The van der Waals surface area contributed by atoms with Crippen molar-refractivity contribution in [2.45, 2.75) is 38.8 Å². The first kappa shape index (κ1) is 24.3. The van der Waals surface area contributed by atoms with Crippen LogP contribution in [0.15, 0.2) is 42.7 Å². The third-order valence-electron chi connectivity index (χ3n) is 6.72. The van der Waals surface area contributed by atoms with Crippen molar-refractivity contribution in [1.82, 2.24) is 24.7 Å². The van der Waals surface area contributed by atoms with Crippen molar-refractivity contribution in [3.8, 4) is 0 Å². The molecule has 2 aliphatic rings.